The molecule has 82 valence electrons. The van der Waals surface area contributed by atoms with Crippen molar-refractivity contribution >= 4 is 5.97 Å². The Kier molecular flexibility index (Phi) is 2.06. The zero-order valence-electron chi connectivity index (χ0n) is 7.03. The lowest BCUT2D eigenvalue weighted by Crippen LogP contribution is -2.30. The zero-order valence-corrected chi connectivity index (χ0v) is 7.03. The summed E-state index contributed by atoms with van der Waals surface area (Å²) in [5.41, 5.74) is -6.43. The molecule has 0 aromatic rings. The molecule has 3 atom stereocenters. The molecule has 1 fully saturated rings. The van der Waals surface area contributed by atoms with Crippen LogP contribution in [-0.2, 0) is 4.79 Å². The molecule has 0 spiro atoms. The summed E-state index contributed by atoms with van der Waals surface area (Å²) >= 11 is 0. The highest BCUT2D eigenvalue weighted by atomic mass is 19.4. The molecule has 0 bridgehead atoms. The van der Waals surface area contributed by atoms with Crippen LogP contribution >= 0.6 is 0 Å². The highest BCUT2D eigenvalue weighted by molar-refractivity contribution is 5.78. The van der Waals surface area contributed by atoms with E-state index in [0.29, 0.717) is 6.92 Å². The van der Waals surface area contributed by atoms with Gasteiger partial charge in [-0.05, 0) is 6.92 Å². The molecule has 1 saturated carbocycles. The summed E-state index contributed by atoms with van der Waals surface area (Å²) in [6, 6.07) is 0. The monoisotopic (exact) mass is 218 g/mol. The van der Waals surface area contributed by atoms with Gasteiger partial charge in [0.15, 0.2) is 5.67 Å². The fraction of sp³-hybridized carbons (Fsp3) is 0.857. The van der Waals surface area contributed by atoms with Gasteiger partial charge in [0, 0.05) is 0 Å². The third-order valence-corrected chi connectivity index (χ3v) is 2.85. The Hall–Kier alpha value is -0.880. The van der Waals surface area contributed by atoms with Crippen LogP contribution in [0.25, 0.3) is 0 Å². The average molecular weight is 218 g/mol. The first kappa shape index (κ1) is 11.2. The maximum atomic E-state index is 13.2. The number of hydrogen-bond donors (Lipinski definition) is 1. The van der Waals surface area contributed by atoms with E-state index in [-0.39, 0.29) is 0 Å². The molecular formula is C7H7F5O2. The van der Waals surface area contributed by atoms with E-state index in [4.69, 9.17) is 5.11 Å². The molecule has 1 rings (SSSR count). The number of carboxylic acid groups (broad SMARTS) is 1. The molecule has 7 heteroatoms. The van der Waals surface area contributed by atoms with Crippen LogP contribution in [0.1, 0.15) is 6.92 Å². The molecule has 1 N–H and O–H groups in total. The van der Waals surface area contributed by atoms with E-state index in [2.05, 4.69) is 0 Å². The van der Waals surface area contributed by atoms with Crippen LogP contribution in [0.3, 0.4) is 0 Å². The van der Waals surface area contributed by atoms with Gasteiger partial charge in [-0.3, -0.25) is 4.79 Å². The Bertz CT molecular complexity index is 276. The summed E-state index contributed by atoms with van der Waals surface area (Å²) in [4.78, 5) is 10.3. The fourth-order valence-corrected chi connectivity index (χ4v) is 1.71. The van der Waals surface area contributed by atoms with Crippen molar-refractivity contribution in [1.29, 1.82) is 0 Å². The molecule has 2 nitrogen and oxygen atoms in total. The van der Waals surface area contributed by atoms with Crippen LogP contribution < -0.4 is 0 Å². The lowest BCUT2D eigenvalue weighted by Gasteiger charge is -2.16. The van der Waals surface area contributed by atoms with Crippen LogP contribution in [0, 0.1) is 11.3 Å². The van der Waals surface area contributed by atoms with Gasteiger partial charge in [0.05, 0.1) is 0 Å². The van der Waals surface area contributed by atoms with Crippen molar-refractivity contribution in [1.82, 2.24) is 0 Å². The summed E-state index contributed by atoms with van der Waals surface area (Å²) in [5, 5.41) is 8.31. The molecule has 0 amide bonds. The second-order valence-corrected chi connectivity index (χ2v) is 3.47. The zero-order chi connectivity index (χ0) is 11.4. The van der Waals surface area contributed by atoms with Gasteiger partial charge in [0.1, 0.15) is 18.0 Å². The number of alkyl halides is 5. The molecule has 0 heterocycles. The fourth-order valence-electron chi connectivity index (χ4n) is 1.71. The van der Waals surface area contributed by atoms with Crippen molar-refractivity contribution in [3.63, 3.8) is 0 Å². The Labute approximate surface area is 75.7 Å². The minimum absolute atomic E-state index is 0.380. The van der Waals surface area contributed by atoms with Crippen molar-refractivity contribution in [3.05, 3.63) is 0 Å². The minimum Gasteiger partial charge on any atom is -0.481 e. The van der Waals surface area contributed by atoms with Gasteiger partial charge in [-0.25, -0.2) is 8.78 Å². The Morgan fingerprint density at radius 2 is 1.93 bits per heavy atom. The van der Waals surface area contributed by atoms with Gasteiger partial charge in [0.2, 0.25) is 0 Å². The van der Waals surface area contributed by atoms with Crippen molar-refractivity contribution in [2.75, 3.05) is 6.67 Å². The molecule has 1 aliphatic carbocycles. The number of carbonyl (C=O) groups is 1. The van der Waals surface area contributed by atoms with E-state index in [1.807, 2.05) is 0 Å². The third kappa shape index (κ3) is 0.978. The topological polar surface area (TPSA) is 37.3 Å². The first-order valence-corrected chi connectivity index (χ1v) is 3.67. The van der Waals surface area contributed by atoms with E-state index in [0.717, 1.165) is 0 Å². The largest absolute Gasteiger partial charge is 0.481 e. The van der Waals surface area contributed by atoms with E-state index < -0.39 is 35.8 Å². The van der Waals surface area contributed by atoms with E-state index in [9.17, 15) is 26.7 Å². The Morgan fingerprint density at radius 1 is 1.50 bits per heavy atom. The second-order valence-electron chi connectivity index (χ2n) is 3.47. The number of carboxylic acids is 1. The van der Waals surface area contributed by atoms with Crippen molar-refractivity contribution < 1.29 is 31.9 Å². The molecule has 0 aliphatic heterocycles. The standard InChI is InChI=1S/C7H7F5O2/c1-5(7(10,11)12)3(4(13)14)6(5,9)2-8/h3H,2H2,1H3,(H,13,14). The summed E-state index contributed by atoms with van der Waals surface area (Å²) in [5.74, 6) is -4.31. The lowest BCUT2D eigenvalue weighted by atomic mass is 10.0. The van der Waals surface area contributed by atoms with Gasteiger partial charge in [-0.1, -0.05) is 0 Å². The minimum atomic E-state index is -5.06. The average Bonchev–Trinajstić information content (AvgIpc) is 2.51. The smallest absolute Gasteiger partial charge is 0.398 e. The first-order valence-electron chi connectivity index (χ1n) is 3.67. The van der Waals surface area contributed by atoms with Crippen molar-refractivity contribution in [2.45, 2.75) is 18.8 Å². The van der Waals surface area contributed by atoms with E-state index in [1.54, 1.807) is 0 Å². The molecule has 14 heavy (non-hydrogen) atoms. The summed E-state index contributed by atoms with van der Waals surface area (Å²) in [7, 11) is 0. The van der Waals surface area contributed by atoms with Crippen LogP contribution in [0.2, 0.25) is 0 Å². The number of halogens is 5. The SMILES string of the molecule is CC1(C(F)(F)F)C(C(=O)O)C1(F)CF. The first-order chi connectivity index (χ1) is 6.13. The molecule has 0 saturated heterocycles. The van der Waals surface area contributed by atoms with Gasteiger partial charge in [0.25, 0.3) is 0 Å². The van der Waals surface area contributed by atoms with Crippen LogP contribution in [-0.4, -0.2) is 29.6 Å². The van der Waals surface area contributed by atoms with E-state index in [1.165, 1.54) is 0 Å². The second kappa shape index (κ2) is 2.58. The van der Waals surface area contributed by atoms with Crippen LogP contribution in [0.15, 0.2) is 0 Å². The highest BCUT2D eigenvalue weighted by Gasteiger charge is 2.89. The number of rotatable bonds is 2. The van der Waals surface area contributed by atoms with E-state index >= 15 is 0 Å². The third-order valence-electron chi connectivity index (χ3n) is 2.85. The lowest BCUT2D eigenvalue weighted by molar-refractivity contribution is -0.200. The Balaban J connectivity index is 3.09. The quantitative estimate of drug-likeness (QED) is 0.719. The predicted octanol–water partition coefficient (Wildman–Crippen LogP) is 1.95. The molecular weight excluding hydrogens is 211 g/mol. The number of hydrogen-bond acceptors (Lipinski definition) is 1. The molecule has 0 radical (unpaired) electrons. The summed E-state index contributed by atoms with van der Waals surface area (Å²) in [6.07, 6.45) is -5.06. The Morgan fingerprint density at radius 3 is 2.00 bits per heavy atom. The molecule has 1 aliphatic rings. The van der Waals surface area contributed by atoms with Gasteiger partial charge >= 0.3 is 12.1 Å². The summed E-state index contributed by atoms with van der Waals surface area (Å²) < 4.78 is 62.0. The molecule has 3 unspecified atom stereocenters. The van der Waals surface area contributed by atoms with Gasteiger partial charge in [-0.15, -0.1) is 0 Å². The van der Waals surface area contributed by atoms with Gasteiger partial charge in [-0.2, -0.15) is 13.2 Å². The van der Waals surface area contributed by atoms with Crippen LogP contribution in [0.4, 0.5) is 22.0 Å². The van der Waals surface area contributed by atoms with Crippen molar-refractivity contribution in [2.24, 2.45) is 11.3 Å². The van der Waals surface area contributed by atoms with Gasteiger partial charge < -0.3 is 5.11 Å². The maximum Gasteiger partial charge on any atom is 0.398 e. The highest BCUT2D eigenvalue weighted by Crippen LogP contribution is 2.71. The predicted molar refractivity (Wildman–Crippen MR) is 35.1 cm³/mol. The molecule has 0 aromatic heterocycles. The van der Waals surface area contributed by atoms with Crippen molar-refractivity contribution in [3.8, 4) is 0 Å². The number of aliphatic carboxylic acids is 1. The molecule has 0 aromatic carbocycles. The normalized spacial score (nSPS) is 42.3. The maximum absolute atomic E-state index is 13.2. The summed E-state index contributed by atoms with van der Waals surface area (Å²) in [6.45, 7) is -1.56. The van der Waals surface area contributed by atoms with Crippen LogP contribution in [0.5, 0.6) is 0 Å².